The second-order valence-electron chi connectivity index (χ2n) is 8.11. The van der Waals surface area contributed by atoms with Crippen molar-refractivity contribution in [2.45, 2.75) is 66.4 Å². The van der Waals surface area contributed by atoms with Gasteiger partial charge in [0, 0.05) is 6.92 Å². The molecule has 3 fully saturated rings. The first-order chi connectivity index (χ1) is 8.79. The van der Waals surface area contributed by atoms with Crippen LogP contribution in [0.15, 0.2) is 0 Å². The van der Waals surface area contributed by atoms with Crippen LogP contribution in [0, 0.1) is 34.5 Å². The molecule has 1 spiro atoms. The largest absolute Gasteiger partial charge is 0.462 e. The Morgan fingerprint density at radius 1 is 1.16 bits per heavy atom. The van der Waals surface area contributed by atoms with E-state index in [2.05, 4.69) is 27.7 Å². The van der Waals surface area contributed by atoms with Crippen LogP contribution in [0.3, 0.4) is 0 Å². The highest BCUT2D eigenvalue weighted by Gasteiger charge is 2.67. The van der Waals surface area contributed by atoms with Gasteiger partial charge in [0.25, 0.3) is 0 Å². The molecule has 0 heterocycles. The highest BCUT2D eigenvalue weighted by Crippen LogP contribution is 2.72. The smallest absolute Gasteiger partial charge is 0.302 e. The molecule has 19 heavy (non-hydrogen) atoms. The third-order valence-electron chi connectivity index (χ3n) is 7.14. The molecule has 3 rings (SSSR count). The van der Waals surface area contributed by atoms with E-state index in [0.717, 1.165) is 24.2 Å². The first-order valence-electron chi connectivity index (χ1n) is 7.96. The fourth-order valence-electron chi connectivity index (χ4n) is 6.19. The maximum atomic E-state index is 11.4. The Labute approximate surface area is 117 Å². The van der Waals surface area contributed by atoms with Crippen LogP contribution in [0.25, 0.3) is 0 Å². The van der Waals surface area contributed by atoms with Crippen molar-refractivity contribution < 1.29 is 9.53 Å². The molecule has 2 heteroatoms. The van der Waals surface area contributed by atoms with Crippen LogP contribution in [0.4, 0.5) is 0 Å². The Bertz CT molecular complexity index is 400. The molecule has 6 atom stereocenters. The summed E-state index contributed by atoms with van der Waals surface area (Å²) in [6.07, 6.45) is 5.37. The molecule has 0 N–H and O–H groups in total. The van der Waals surface area contributed by atoms with Crippen LogP contribution in [0.5, 0.6) is 0 Å². The van der Waals surface area contributed by atoms with Crippen molar-refractivity contribution in [3.05, 3.63) is 0 Å². The minimum atomic E-state index is -0.102. The maximum Gasteiger partial charge on any atom is 0.302 e. The zero-order chi connectivity index (χ0) is 14.0. The summed E-state index contributed by atoms with van der Waals surface area (Å²) in [5.74, 6) is 2.77. The molecule has 2 bridgehead atoms. The van der Waals surface area contributed by atoms with Crippen molar-refractivity contribution in [1.29, 1.82) is 0 Å². The lowest BCUT2D eigenvalue weighted by molar-refractivity contribution is -0.155. The number of hydrogen-bond donors (Lipinski definition) is 0. The molecular weight excluding hydrogens is 236 g/mol. The van der Waals surface area contributed by atoms with Crippen molar-refractivity contribution in [3.63, 3.8) is 0 Å². The zero-order valence-electron chi connectivity index (χ0n) is 13.0. The summed E-state index contributed by atoms with van der Waals surface area (Å²) in [5, 5.41) is 0. The van der Waals surface area contributed by atoms with E-state index in [9.17, 15) is 4.79 Å². The molecule has 0 aromatic rings. The van der Waals surface area contributed by atoms with Gasteiger partial charge in [0.2, 0.25) is 0 Å². The average molecular weight is 264 g/mol. The van der Waals surface area contributed by atoms with E-state index in [1.807, 2.05) is 0 Å². The second-order valence-corrected chi connectivity index (χ2v) is 8.11. The van der Waals surface area contributed by atoms with E-state index in [0.29, 0.717) is 16.7 Å². The Morgan fingerprint density at radius 3 is 2.47 bits per heavy atom. The standard InChI is InChI=1S/C17H28O2/c1-10-6-7-15-16(4,5)13-8-17(10,15)9-14(11(13)2)19-12(3)18/h10-11,13-15H,6-9H2,1-5H3/t10-,11-,13+,14+,15+,17-/m1/s1. The SMILES string of the molecule is CC(=O)O[C@H]1C[C@@]23C[C@@H]([C@H]1C)C(C)(C)[C@@H]2CC[C@H]3C. The molecule has 0 aliphatic heterocycles. The number of ether oxygens (including phenoxy) is 1. The maximum absolute atomic E-state index is 11.4. The number of fused-ring (bicyclic) bond motifs is 1. The van der Waals surface area contributed by atoms with Gasteiger partial charge in [0.05, 0.1) is 0 Å². The highest BCUT2D eigenvalue weighted by molar-refractivity contribution is 5.66. The van der Waals surface area contributed by atoms with Crippen LogP contribution in [-0.2, 0) is 9.53 Å². The predicted octanol–water partition coefficient (Wildman–Crippen LogP) is 4.04. The average Bonchev–Trinajstić information content (AvgIpc) is 2.70. The monoisotopic (exact) mass is 264 g/mol. The van der Waals surface area contributed by atoms with Gasteiger partial charge in [-0.05, 0) is 60.2 Å². The number of hydrogen-bond acceptors (Lipinski definition) is 2. The fourth-order valence-corrected chi connectivity index (χ4v) is 6.19. The van der Waals surface area contributed by atoms with Gasteiger partial charge < -0.3 is 4.74 Å². The molecule has 108 valence electrons. The van der Waals surface area contributed by atoms with Crippen LogP contribution in [0.2, 0.25) is 0 Å². The predicted molar refractivity (Wildman–Crippen MR) is 75.5 cm³/mol. The van der Waals surface area contributed by atoms with Crippen molar-refractivity contribution in [1.82, 2.24) is 0 Å². The first-order valence-corrected chi connectivity index (χ1v) is 7.96. The molecule has 0 aromatic carbocycles. The van der Waals surface area contributed by atoms with Gasteiger partial charge >= 0.3 is 5.97 Å². The van der Waals surface area contributed by atoms with Gasteiger partial charge in [-0.15, -0.1) is 0 Å². The van der Waals surface area contributed by atoms with Crippen molar-refractivity contribution in [3.8, 4) is 0 Å². The van der Waals surface area contributed by atoms with Crippen LogP contribution in [0.1, 0.15) is 60.3 Å². The van der Waals surface area contributed by atoms with Gasteiger partial charge in [-0.25, -0.2) is 0 Å². The molecule has 3 aliphatic rings. The van der Waals surface area contributed by atoms with Crippen LogP contribution in [-0.4, -0.2) is 12.1 Å². The molecule has 0 unspecified atom stereocenters. The zero-order valence-corrected chi connectivity index (χ0v) is 13.0. The second kappa shape index (κ2) is 3.99. The summed E-state index contributed by atoms with van der Waals surface area (Å²) in [5.41, 5.74) is 0.875. The lowest BCUT2D eigenvalue weighted by Gasteiger charge is -2.43. The molecular formula is C17H28O2. The topological polar surface area (TPSA) is 26.3 Å². The lowest BCUT2D eigenvalue weighted by atomic mass is 9.64. The lowest BCUT2D eigenvalue weighted by Crippen LogP contribution is -2.41. The molecule has 2 nitrogen and oxygen atoms in total. The number of carbonyl (C=O) groups is 1. The number of esters is 1. The number of carbonyl (C=O) groups excluding carboxylic acids is 1. The third kappa shape index (κ3) is 1.64. The molecule has 0 aromatic heterocycles. The minimum Gasteiger partial charge on any atom is -0.462 e. The van der Waals surface area contributed by atoms with Crippen molar-refractivity contribution in [2.75, 3.05) is 0 Å². The Balaban J connectivity index is 1.97. The van der Waals surface area contributed by atoms with Gasteiger partial charge in [0.1, 0.15) is 6.10 Å². The molecule has 3 aliphatic carbocycles. The first kappa shape index (κ1) is 13.5. The van der Waals surface area contributed by atoms with E-state index in [-0.39, 0.29) is 12.1 Å². The van der Waals surface area contributed by atoms with Crippen molar-refractivity contribution >= 4 is 5.97 Å². The summed E-state index contributed by atoms with van der Waals surface area (Å²) in [7, 11) is 0. The molecule has 0 amide bonds. The third-order valence-corrected chi connectivity index (χ3v) is 7.14. The van der Waals surface area contributed by atoms with E-state index >= 15 is 0 Å². The summed E-state index contributed by atoms with van der Waals surface area (Å²) < 4.78 is 5.69. The Kier molecular flexibility index (Phi) is 2.82. The number of rotatable bonds is 1. The Hall–Kier alpha value is -0.530. The molecule has 0 saturated heterocycles. The summed E-state index contributed by atoms with van der Waals surface area (Å²) in [6, 6.07) is 0. The highest BCUT2D eigenvalue weighted by atomic mass is 16.5. The molecule has 3 saturated carbocycles. The molecule has 0 radical (unpaired) electrons. The quantitative estimate of drug-likeness (QED) is 0.668. The Morgan fingerprint density at radius 2 is 1.84 bits per heavy atom. The van der Waals surface area contributed by atoms with E-state index in [4.69, 9.17) is 4.74 Å². The van der Waals surface area contributed by atoms with E-state index < -0.39 is 0 Å². The summed E-state index contributed by atoms with van der Waals surface area (Å²) >= 11 is 0. The fraction of sp³-hybridized carbons (Fsp3) is 0.941. The van der Waals surface area contributed by atoms with E-state index in [1.54, 1.807) is 6.92 Å². The van der Waals surface area contributed by atoms with Crippen LogP contribution < -0.4 is 0 Å². The normalized spacial score (nSPS) is 50.9. The summed E-state index contributed by atoms with van der Waals surface area (Å²) in [6.45, 7) is 11.2. The van der Waals surface area contributed by atoms with Gasteiger partial charge in [0.15, 0.2) is 0 Å². The van der Waals surface area contributed by atoms with E-state index in [1.165, 1.54) is 19.3 Å². The van der Waals surface area contributed by atoms with Crippen LogP contribution >= 0.6 is 0 Å². The van der Waals surface area contributed by atoms with Gasteiger partial charge in [-0.1, -0.05) is 27.7 Å². The summed E-state index contributed by atoms with van der Waals surface area (Å²) in [4.78, 5) is 11.4. The van der Waals surface area contributed by atoms with Gasteiger partial charge in [-0.3, -0.25) is 4.79 Å². The van der Waals surface area contributed by atoms with Crippen molar-refractivity contribution in [2.24, 2.45) is 34.5 Å². The minimum absolute atomic E-state index is 0.102. The van der Waals surface area contributed by atoms with Gasteiger partial charge in [-0.2, -0.15) is 0 Å².